The lowest BCUT2D eigenvalue weighted by molar-refractivity contribution is -0.329. The Morgan fingerprint density at radius 3 is 2.68 bits per heavy atom. The highest BCUT2D eigenvalue weighted by Crippen LogP contribution is 2.83. The molecule has 0 unspecified atom stereocenters. The van der Waals surface area contributed by atoms with Crippen LogP contribution in [0.1, 0.15) is 65.2 Å². The summed E-state index contributed by atoms with van der Waals surface area (Å²) < 4.78 is 11.8. The first kappa shape index (κ1) is 20.8. The Hall–Kier alpha value is -0.730. The quantitative estimate of drug-likeness (QED) is 0.575. The Balaban J connectivity index is 1.59. The number of carbonyl (C=O) groups is 1. The fraction of sp³-hybridized carbons (Fsp3) is 0.958. The molecule has 0 radical (unpaired) electrons. The van der Waals surface area contributed by atoms with Crippen LogP contribution in [-0.4, -0.2) is 76.0 Å². The van der Waals surface area contributed by atoms with Crippen LogP contribution in [0.4, 0.5) is 0 Å². The number of esters is 1. The molecule has 0 aromatic rings. The zero-order chi connectivity index (χ0) is 21.9. The van der Waals surface area contributed by atoms with Gasteiger partial charge in [0, 0.05) is 30.3 Å². The standard InChI is InChI=1S/C24H37NO6/c1-3-25-14-21(19(27)30-4-2)7-5-8-22-16-6-9-23(28)17(16)20(18(22)25,10-11-24(21,22)29)12-15(13-26)31-23/h15-18,26,28-29H,3-14H2,1-2H3/t15-,16-,17+,18-,20+,21+,22+,23+,24+/m1/s1. The van der Waals surface area contributed by atoms with E-state index < -0.39 is 22.2 Å². The summed E-state index contributed by atoms with van der Waals surface area (Å²) >= 11 is 0. The van der Waals surface area contributed by atoms with E-state index in [1.807, 2.05) is 6.92 Å². The average Bonchev–Trinajstić information content (AvgIpc) is 3.18. The maximum atomic E-state index is 13.5. The number of aliphatic hydroxyl groups is 3. The predicted octanol–water partition coefficient (Wildman–Crippen LogP) is 1.43. The Kier molecular flexibility index (Phi) is 4.19. The summed E-state index contributed by atoms with van der Waals surface area (Å²) in [7, 11) is 0. The molecule has 4 aliphatic carbocycles. The van der Waals surface area contributed by atoms with E-state index in [1.165, 1.54) is 0 Å². The van der Waals surface area contributed by atoms with Crippen molar-refractivity contribution in [2.24, 2.45) is 28.1 Å². The lowest BCUT2D eigenvalue weighted by Crippen LogP contribution is -2.81. The molecule has 2 aliphatic heterocycles. The van der Waals surface area contributed by atoms with Gasteiger partial charge >= 0.3 is 5.97 Å². The van der Waals surface area contributed by atoms with Crippen molar-refractivity contribution in [2.45, 2.75) is 88.7 Å². The van der Waals surface area contributed by atoms with Gasteiger partial charge in [-0.05, 0) is 63.3 Å². The van der Waals surface area contributed by atoms with E-state index in [9.17, 15) is 20.1 Å². The van der Waals surface area contributed by atoms with Gasteiger partial charge in [-0.15, -0.1) is 0 Å². The molecule has 9 atom stereocenters. The minimum absolute atomic E-state index is 0.0491. The molecule has 31 heavy (non-hydrogen) atoms. The molecule has 2 saturated heterocycles. The Morgan fingerprint density at radius 1 is 1.16 bits per heavy atom. The largest absolute Gasteiger partial charge is 0.465 e. The number of hydrogen-bond acceptors (Lipinski definition) is 7. The number of rotatable bonds is 4. The van der Waals surface area contributed by atoms with Crippen LogP contribution >= 0.6 is 0 Å². The third-order valence-corrected chi connectivity index (χ3v) is 10.8. The van der Waals surface area contributed by atoms with Gasteiger partial charge in [0.15, 0.2) is 5.79 Å². The Labute approximate surface area is 184 Å². The maximum absolute atomic E-state index is 13.5. The minimum atomic E-state index is -1.24. The molecule has 3 N–H and O–H groups in total. The molecule has 2 heterocycles. The lowest BCUT2D eigenvalue weighted by Gasteiger charge is -2.72. The van der Waals surface area contributed by atoms with Crippen LogP contribution < -0.4 is 0 Å². The van der Waals surface area contributed by atoms with Crippen LogP contribution in [0.25, 0.3) is 0 Å². The zero-order valence-electron chi connectivity index (χ0n) is 18.8. The van der Waals surface area contributed by atoms with Crippen molar-refractivity contribution in [3.05, 3.63) is 0 Å². The Morgan fingerprint density at radius 2 is 1.97 bits per heavy atom. The summed E-state index contributed by atoms with van der Waals surface area (Å²) in [6, 6.07) is 0.103. The molecule has 0 amide bonds. The fourth-order valence-electron chi connectivity index (χ4n) is 10.4. The zero-order valence-corrected chi connectivity index (χ0v) is 18.8. The first-order valence-corrected chi connectivity index (χ1v) is 12.4. The number of hydrogen-bond donors (Lipinski definition) is 3. The molecule has 6 rings (SSSR count). The van der Waals surface area contributed by atoms with Gasteiger partial charge in [-0.3, -0.25) is 9.69 Å². The van der Waals surface area contributed by atoms with E-state index in [0.29, 0.717) is 32.4 Å². The van der Waals surface area contributed by atoms with Gasteiger partial charge < -0.3 is 24.8 Å². The van der Waals surface area contributed by atoms with E-state index in [2.05, 4.69) is 11.8 Å². The predicted molar refractivity (Wildman–Crippen MR) is 111 cm³/mol. The van der Waals surface area contributed by atoms with Crippen LogP contribution in [0.5, 0.6) is 0 Å². The van der Waals surface area contributed by atoms with Gasteiger partial charge in [0.2, 0.25) is 0 Å². The van der Waals surface area contributed by atoms with Crippen molar-refractivity contribution in [1.29, 1.82) is 0 Å². The van der Waals surface area contributed by atoms with Gasteiger partial charge in [0.1, 0.15) is 5.41 Å². The average molecular weight is 436 g/mol. The van der Waals surface area contributed by atoms with Crippen molar-refractivity contribution in [3.8, 4) is 0 Å². The third kappa shape index (κ3) is 2.00. The van der Waals surface area contributed by atoms with E-state index in [4.69, 9.17) is 9.47 Å². The summed E-state index contributed by atoms with van der Waals surface area (Å²) in [4.78, 5) is 16.0. The molecule has 174 valence electrons. The molecule has 2 spiro atoms. The second-order valence-electron chi connectivity index (χ2n) is 11.3. The van der Waals surface area contributed by atoms with Gasteiger partial charge in [0.25, 0.3) is 0 Å². The highest BCUT2D eigenvalue weighted by atomic mass is 16.6. The summed E-state index contributed by atoms with van der Waals surface area (Å²) in [5.74, 6) is -1.40. The van der Waals surface area contributed by atoms with Crippen LogP contribution in [-0.2, 0) is 14.3 Å². The smallest absolute Gasteiger partial charge is 0.316 e. The maximum Gasteiger partial charge on any atom is 0.316 e. The lowest BCUT2D eigenvalue weighted by atomic mass is 9.40. The van der Waals surface area contributed by atoms with Crippen molar-refractivity contribution >= 4 is 5.97 Å². The van der Waals surface area contributed by atoms with Gasteiger partial charge in [-0.1, -0.05) is 13.3 Å². The van der Waals surface area contributed by atoms with Crippen LogP contribution in [0.2, 0.25) is 0 Å². The van der Waals surface area contributed by atoms with E-state index in [1.54, 1.807) is 0 Å². The molecule has 7 heteroatoms. The molecule has 6 fully saturated rings. The summed E-state index contributed by atoms with van der Waals surface area (Å²) in [6.07, 6.45) is 5.47. The molecule has 4 saturated carbocycles. The SMILES string of the molecule is CCOC(=O)[C@@]12CCC[C@@]34[C@@H]5CC[C@]6(O)O[C@@H](CO)C[C@](CC[C@]13O)([C@H]4N(CC)C2)[C@H]56. The van der Waals surface area contributed by atoms with Crippen molar-refractivity contribution in [1.82, 2.24) is 4.90 Å². The number of nitrogens with zero attached hydrogens (tertiary/aromatic N) is 1. The molecule has 7 nitrogen and oxygen atoms in total. The van der Waals surface area contributed by atoms with E-state index in [-0.39, 0.29) is 42.0 Å². The van der Waals surface area contributed by atoms with Crippen LogP contribution in [0, 0.1) is 28.1 Å². The van der Waals surface area contributed by atoms with Gasteiger partial charge in [-0.25, -0.2) is 0 Å². The highest BCUT2D eigenvalue weighted by molar-refractivity contribution is 5.80. The highest BCUT2D eigenvalue weighted by Gasteiger charge is 2.88. The van der Waals surface area contributed by atoms with Crippen molar-refractivity contribution in [3.63, 3.8) is 0 Å². The van der Waals surface area contributed by atoms with Crippen LogP contribution in [0.15, 0.2) is 0 Å². The first-order valence-electron chi connectivity index (χ1n) is 12.4. The second-order valence-corrected chi connectivity index (χ2v) is 11.3. The van der Waals surface area contributed by atoms with Gasteiger partial charge in [-0.2, -0.15) is 0 Å². The summed E-state index contributed by atoms with van der Waals surface area (Å²) in [5, 5.41) is 34.4. The monoisotopic (exact) mass is 435 g/mol. The van der Waals surface area contributed by atoms with E-state index in [0.717, 1.165) is 38.6 Å². The second kappa shape index (κ2) is 6.23. The molecule has 0 aromatic heterocycles. The topological polar surface area (TPSA) is 99.5 Å². The normalized spacial score (nSPS) is 56.9. The number of carbonyl (C=O) groups excluding carboxylic acids is 1. The molecule has 5 bridgehead atoms. The molecular weight excluding hydrogens is 398 g/mol. The first-order chi connectivity index (χ1) is 14.8. The Bertz CT molecular complexity index is 807. The number of ether oxygens (including phenoxy) is 2. The van der Waals surface area contributed by atoms with Crippen molar-refractivity contribution in [2.75, 3.05) is 26.3 Å². The molecule has 6 aliphatic rings. The molecular formula is C24H37NO6. The summed E-state index contributed by atoms with van der Waals surface area (Å²) in [6.45, 7) is 5.53. The fourth-order valence-corrected chi connectivity index (χ4v) is 10.4. The minimum Gasteiger partial charge on any atom is -0.465 e. The number of likely N-dealkylation sites (tertiary alicyclic amines) is 1. The summed E-state index contributed by atoms with van der Waals surface area (Å²) in [5.41, 5.74) is -2.65. The van der Waals surface area contributed by atoms with E-state index >= 15 is 0 Å². The van der Waals surface area contributed by atoms with Crippen LogP contribution in [0.3, 0.4) is 0 Å². The van der Waals surface area contributed by atoms with Crippen molar-refractivity contribution < 1.29 is 29.6 Å². The van der Waals surface area contributed by atoms with Gasteiger partial charge in [0.05, 0.1) is 24.9 Å². The third-order valence-electron chi connectivity index (χ3n) is 10.8. The molecule has 0 aromatic carbocycles. The number of piperidine rings is 1. The number of aliphatic hydroxyl groups excluding tert-OH is 1.